The van der Waals surface area contributed by atoms with Gasteiger partial charge in [0.25, 0.3) is 0 Å². The lowest BCUT2D eigenvalue weighted by molar-refractivity contribution is -0.123. The Kier molecular flexibility index (Phi) is 5.23. The van der Waals surface area contributed by atoms with E-state index in [2.05, 4.69) is 22.5 Å². The second kappa shape index (κ2) is 6.21. The Bertz CT molecular complexity index is 260. The fraction of sp³-hybridized carbons (Fsp3) is 0.667. The Hall–Kier alpha value is -0.440. The molecule has 0 heterocycles. The number of hydrogen-bond donors (Lipinski definition) is 0. The van der Waals surface area contributed by atoms with E-state index in [-0.39, 0.29) is 22.3 Å². The van der Waals surface area contributed by atoms with Gasteiger partial charge in [0.2, 0.25) is 0 Å². The topological polar surface area (TPSA) is 34.1 Å². The molecule has 2 atom stereocenters. The number of halogens is 1. The number of carbonyl (C=O) groups is 2. The van der Waals surface area contributed by atoms with Crippen LogP contribution in [0.15, 0.2) is 12.7 Å². The minimum atomic E-state index is 0.0250. The second-order valence-corrected chi connectivity index (χ2v) is 5.26. The molecule has 0 bridgehead atoms. The van der Waals surface area contributed by atoms with E-state index < -0.39 is 0 Å². The lowest BCUT2D eigenvalue weighted by Gasteiger charge is -2.23. The molecule has 0 spiro atoms. The van der Waals surface area contributed by atoms with E-state index in [0.29, 0.717) is 19.3 Å². The number of hydrogen-bond acceptors (Lipinski definition) is 2. The summed E-state index contributed by atoms with van der Waals surface area (Å²) in [5.41, 5.74) is 0. The first-order valence-corrected chi connectivity index (χ1v) is 6.34. The highest BCUT2D eigenvalue weighted by Crippen LogP contribution is 2.28. The van der Waals surface area contributed by atoms with Crippen LogP contribution in [-0.2, 0) is 9.59 Å². The number of ketones is 2. The van der Waals surface area contributed by atoms with Gasteiger partial charge in [-0.05, 0) is 25.2 Å². The van der Waals surface area contributed by atoms with Crippen molar-refractivity contribution in [3.8, 4) is 0 Å². The SMILES string of the molecule is C=CCCC(=O)CC1CCC(Br)C(=O)C1. The first kappa shape index (κ1) is 12.6. The molecule has 0 N–H and O–H groups in total. The average molecular weight is 273 g/mol. The fourth-order valence-corrected chi connectivity index (χ4v) is 2.37. The average Bonchev–Trinajstić information content (AvgIpc) is 2.20. The Labute approximate surface area is 99.2 Å². The van der Waals surface area contributed by atoms with Gasteiger partial charge < -0.3 is 0 Å². The zero-order valence-corrected chi connectivity index (χ0v) is 10.5. The molecular formula is C12H17BrO2. The van der Waals surface area contributed by atoms with Crippen molar-refractivity contribution in [2.24, 2.45) is 5.92 Å². The van der Waals surface area contributed by atoms with Gasteiger partial charge in [0, 0.05) is 19.3 Å². The summed E-state index contributed by atoms with van der Waals surface area (Å²) in [6, 6.07) is 0. The normalized spacial score (nSPS) is 26.3. The summed E-state index contributed by atoms with van der Waals surface area (Å²) < 4.78 is 0. The molecule has 0 amide bonds. The molecule has 0 saturated heterocycles. The van der Waals surface area contributed by atoms with E-state index in [0.717, 1.165) is 19.3 Å². The smallest absolute Gasteiger partial charge is 0.146 e. The van der Waals surface area contributed by atoms with Crippen molar-refractivity contribution in [2.45, 2.75) is 43.4 Å². The largest absolute Gasteiger partial charge is 0.300 e. The fourth-order valence-electron chi connectivity index (χ4n) is 1.92. The van der Waals surface area contributed by atoms with Crippen molar-refractivity contribution in [1.82, 2.24) is 0 Å². The molecule has 2 nitrogen and oxygen atoms in total. The summed E-state index contributed by atoms with van der Waals surface area (Å²) >= 11 is 3.34. The van der Waals surface area contributed by atoms with E-state index >= 15 is 0 Å². The highest BCUT2D eigenvalue weighted by molar-refractivity contribution is 9.10. The van der Waals surface area contributed by atoms with Crippen LogP contribution in [0.5, 0.6) is 0 Å². The summed E-state index contributed by atoms with van der Waals surface area (Å²) in [5, 5.41) is 0. The minimum Gasteiger partial charge on any atom is -0.300 e. The van der Waals surface area contributed by atoms with Crippen LogP contribution in [0.1, 0.15) is 38.5 Å². The highest BCUT2D eigenvalue weighted by atomic mass is 79.9. The van der Waals surface area contributed by atoms with Crippen LogP contribution >= 0.6 is 15.9 Å². The van der Waals surface area contributed by atoms with E-state index in [1.54, 1.807) is 6.08 Å². The van der Waals surface area contributed by atoms with Crippen molar-refractivity contribution in [2.75, 3.05) is 0 Å². The molecule has 1 aliphatic rings. The summed E-state index contributed by atoms with van der Waals surface area (Å²) in [5.74, 6) is 0.798. The lowest BCUT2D eigenvalue weighted by Crippen LogP contribution is -2.26. The predicted octanol–water partition coefficient (Wildman–Crippen LogP) is 3.04. The van der Waals surface area contributed by atoms with Gasteiger partial charge in [-0.25, -0.2) is 0 Å². The van der Waals surface area contributed by atoms with E-state index in [1.165, 1.54) is 0 Å². The van der Waals surface area contributed by atoms with Crippen LogP contribution in [0.4, 0.5) is 0 Å². The molecule has 1 fully saturated rings. The second-order valence-electron chi connectivity index (χ2n) is 4.15. The molecule has 0 aromatic carbocycles. The summed E-state index contributed by atoms with van der Waals surface area (Å²) in [6.07, 6.45) is 6.08. The molecule has 15 heavy (non-hydrogen) atoms. The van der Waals surface area contributed by atoms with Crippen molar-refractivity contribution < 1.29 is 9.59 Å². The summed E-state index contributed by atoms with van der Waals surface area (Å²) in [6.45, 7) is 3.59. The molecule has 1 saturated carbocycles. The van der Waals surface area contributed by atoms with E-state index in [4.69, 9.17) is 0 Å². The predicted molar refractivity (Wildman–Crippen MR) is 64.1 cm³/mol. The number of Topliss-reactive ketones (excluding diaryl/α,β-unsaturated/α-hetero) is 2. The first-order chi connectivity index (χ1) is 7.13. The Balaban J connectivity index is 2.30. The maximum absolute atomic E-state index is 11.5. The number of alkyl halides is 1. The Morgan fingerprint density at radius 1 is 1.53 bits per heavy atom. The number of rotatable bonds is 5. The van der Waals surface area contributed by atoms with Crippen LogP contribution in [0, 0.1) is 5.92 Å². The molecule has 1 aliphatic carbocycles. The van der Waals surface area contributed by atoms with Gasteiger partial charge in [-0.2, -0.15) is 0 Å². The van der Waals surface area contributed by atoms with Crippen molar-refractivity contribution in [3.05, 3.63) is 12.7 Å². The lowest BCUT2D eigenvalue weighted by atomic mass is 9.84. The first-order valence-electron chi connectivity index (χ1n) is 5.43. The maximum atomic E-state index is 11.5. The van der Waals surface area contributed by atoms with Crippen LogP contribution in [0.25, 0.3) is 0 Å². The molecular weight excluding hydrogens is 256 g/mol. The third kappa shape index (κ3) is 4.29. The molecule has 0 aliphatic heterocycles. The molecule has 84 valence electrons. The Morgan fingerprint density at radius 3 is 2.87 bits per heavy atom. The third-order valence-corrected chi connectivity index (χ3v) is 3.78. The zero-order chi connectivity index (χ0) is 11.3. The molecule has 0 aromatic heterocycles. The van der Waals surface area contributed by atoms with Crippen molar-refractivity contribution in [3.63, 3.8) is 0 Å². The van der Waals surface area contributed by atoms with Crippen LogP contribution in [-0.4, -0.2) is 16.4 Å². The summed E-state index contributed by atoms with van der Waals surface area (Å²) in [7, 11) is 0. The molecule has 3 heteroatoms. The van der Waals surface area contributed by atoms with E-state index in [9.17, 15) is 9.59 Å². The minimum absolute atomic E-state index is 0.0250. The maximum Gasteiger partial charge on any atom is 0.146 e. The summed E-state index contributed by atoms with van der Waals surface area (Å²) in [4.78, 5) is 22.9. The van der Waals surface area contributed by atoms with Gasteiger partial charge in [0.1, 0.15) is 11.6 Å². The highest BCUT2D eigenvalue weighted by Gasteiger charge is 2.27. The van der Waals surface area contributed by atoms with Gasteiger partial charge in [0.05, 0.1) is 4.83 Å². The Morgan fingerprint density at radius 2 is 2.27 bits per heavy atom. The van der Waals surface area contributed by atoms with Gasteiger partial charge in [-0.3, -0.25) is 9.59 Å². The van der Waals surface area contributed by atoms with Gasteiger partial charge in [0.15, 0.2) is 0 Å². The van der Waals surface area contributed by atoms with Crippen LogP contribution < -0.4 is 0 Å². The molecule has 0 radical (unpaired) electrons. The monoisotopic (exact) mass is 272 g/mol. The number of carbonyl (C=O) groups excluding carboxylic acids is 2. The third-order valence-electron chi connectivity index (χ3n) is 2.81. The zero-order valence-electron chi connectivity index (χ0n) is 8.88. The molecule has 0 aromatic rings. The standard InChI is InChI=1S/C12H17BrO2/c1-2-3-4-10(14)7-9-5-6-11(13)12(15)8-9/h2,9,11H,1,3-8H2. The molecule has 1 rings (SSSR count). The van der Waals surface area contributed by atoms with Gasteiger partial charge in [-0.15, -0.1) is 6.58 Å². The molecule has 2 unspecified atom stereocenters. The van der Waals surface area contributed by atoms with Crippen LogP contribution in [0.2, 0.25) is 0 Å². The van der Waals surface area contributed by atoms with E-state index in [1.807, 2.05) is 0 Å². The quantitative estimate of drug-likeness (QED) is 0.570. The van der Waals surface area contributed by atoms with Crippen molar-refractivity contribution in [1.29, 1.82) is 0 Å². The van der Waals surface area contributed by atoms with Gasteiger partial charge >= 0.3 is 0 Å². The number of allylic oxidation sites excluding steroid dienone is 1. The van der Waals surface area contributed by atoms with Crippen molar-refractivity contribution >= 4 is 27.5 Å². The van der Waals surface area contributed by atoms with Crippen LogP contribution in [0.3, 0.4) is 0 Å². The van der Waals surface area contributed by atoms with Gasteiger partial charge in [-0.1, -0.05) is 22.0 Å².